The van der Waals surface area contributed by atoms with Crippen LogP contribution in [0.15, 0.2) is 0 Å². The van der Waals surface area contributed by atoms with Crippen LogP contribution in [0.3, 0.4) is 0 Å². The number of hydrogen-bond donors (Lipinski definition) is 1. The van der Waals surface area contributed by atoms with Gasteiger partial charge in [-0.2, -0.15) is 11.8 Å². The van der Waals surface area contributed by atoms with Crippen LogP contribution in [0.2, 0.25) is 0 Å². The molecule has 3 rings (SSSR count). The number of thioether (sulfide) groups is 2. The Kier molecular flexibility index (Phi) is 4.67. The predicted molar refractivity (Wildman–Crippen MR) is 90.0 cm³/mol. The van der Waals surface area contributed by atoms with Gasteiger partial charge in [-0.25, -0.2) is 0 Å². The number of nitrogens with one attached hydrogen (secondary N) is 1. The van der Waals surface area contributed by atoms with Gasteiger partial charge in [-0.05, 0) is 32.4 Å². The van der Waals surface area contributed by atoms with Gasteiger partial charge < -0.3 is 15.0 Å². The van der Waals surface area contributed by atoms with Gasteiger partial charge in [0.15, 0.2) is 0 Å². The maximum Gasteiger partial charge on any atom is 0.243 e. The molecular weight excluding hydrogens is 320 g/mol. The van der Waals surface area contributed by atoms with Crippen LogP contribution in [0.25, 0.3) is 0 Å². The summed E-state index contributed by atoms with van der Waals surface area (Å²) in [7, 11) is 0. The lowest BCUT2D eigenvalue weighted by molar-refractivity contribution is -0.138. The van der Waals surface area contributed by atoms with Gasteiger partial charge in [-0.3, -0.25) is 9.59 Å². The molecule has 3 fully saturated rings. The van der Waals surface area contributed by atoms with Gasteiger partial charge in [0.1, 0.15) is 6.04 Å². The summed E-state index contributed by atoms with van der Waals surface area (Å²) in [4.78, 5) is 26.4. The Labute approximate surface area is 140 Å². The van der Waals surface area contributed by atoms with Crippen molar-refractivity contribution in [3.63, 3.8) is 0 Å². The third-order valence-corrected chi connectivity index (χ3v) is 8.09. The summed E-state index contributed by atoms with van der Waals surface area (Å²) in [5, 5.41) is 3.11. The highest BCUT2D eigenvalue weighted by Crippen LogP contribution is 2.47. The van der Waals surface area contributed by atoms with E-state index in [0.717, 1.165) is 32.5 Å². The molecule has 0 aromatic carbocycles. The molecule has 22 heavy (non-hydrogen) atoms. The second-order valence-corrected chi connectivity index (χ2v) is 9.26. The molecule has 2 amide bonds. The van der Waals surface area contributed by atoms with Crippen molar-refractivity contribution in [3.8, 4) is 0 Å². The fourth-order valence-corrected chi connectivity index (χ4v) is 5.80. The first-order valence-electron chi connectivity index (χ1n) is 7.86. The molecule has 0 aromatic heterocycles. The summed E-state index contributed by atoms with van der Waals surface area (Å²) in [5.41, 5.74) is 0. The van der Waals surface area contributed by atoms with E-state index in [1.807, 2.05) is 16.7 Å². The molecule has 3 saturated heterocycles. The topological polar surface area (TPSA) is 58.6 Å². The van der Waals surface area contributed by atoms with Gasteiger partial charge in [0, 0.05) is 36.7 Å². The van der Waals surface area contributed by atoms with Crippen molar-refractivity contribution in [2.24, 2.45) is 0 Å². The summed E-state index contributed by atoms with van der Waals surface area (Å²) >= 11 is 3.56. The SMILES string of the molecule is CSC1(CNC(=O)C2CSC3(C)CCC(=O)N23)CCOCC1. The Balaban J connectivity index is 1.61. The fourth-order valence-electron chi connectivity index (χ4n) is 3.58. The number of ether oxygens (including phenoxy) is 1. The Bertz CT molecular complexity index is 468. The minimum atomic E-state index is -0.302. The largest absolute Gasteiger partial charge is 0.381 e. The number of nitrogens with zero attached hydrogens (tertiary/aromatic N) is 1. The van der Waals surface area contributed by atoms with E-state index in [4.69, 9.17) is 4.74 Å². The average Bonchev–Trinajstić information content (AvgIpc) is 3.03. The minimum absolute atomic E-state index is 0.00592. The van der Waals surface area contributed by atoms with E-state index in [2.05, 4.69) is 18.5 Å². The average molecular weight is 345 g/mol. The van der Waals surface area contributed by atoms with Crippen LogP contribution in [0, 0.1) is 0 Å². The summed E-state index contributed by atoms with van der Waals surface area (Å²) in [6.45, 7) is 4.27. The highest BCUT2D eigenvalue weighted by atomic mass is 32.2. The molecule has 0 radical (unpaired) electrons. The smallest absolute Gasteiger partial charge is 0.243 e. The molecular formula is C15H24N2O3S2. The maximum absolute atomic E-state index is 12.6. The molecule has 0 aromatic rings. The molecule has 0 bridgehead atoms. The number of carbonyl (C=O) groups excluding carboxylic acids is 2. The third kappa shape index (κ3) is 2.87. The van der Waals surface area contributed by atoms with Crippen LogP contribution in [-0.2, 0) is 14.3 Å². The van der Waals surface area contributed by atoms with Gasteiger partial charge in [-0.1, -0.05) is 0 Å². The first kappa shape index (κ1) is 16.5. The zero-order chi connectivity index (χ0) is 15.8. The number of hydrogen-bond acceptors (Lipinski definition) is 5. The van der Waals surface area contributed by atoms with E-state index in [1.165, 1.54) is 0 Å². The summed E-state index contributed by atoms with van der Waals surface area (Å²) in [6, 6.07) is -0.302. The molecule has 3 aliphatic rings. The number of rotatable bonds is 4. The normalized spacial score (nSPS) is 33.8. The molecule has 2 atom stereocenters. The van der Waals surface area contributed by atoms with Gasteiger partial charge in [0.05, 0.1) is 4.87 Å². The quantitative estimate of drug-likeness (QED) is 0.837. The van der Waals surface area contributed by atoms with Crippen molar-refractivity contribution in [2.75, 3.05) is 31.8 Å². The number of amides is 2. The lowest BCUT2D eigenvalue weighted by Gasteiger charge is -2.36. The minimum Gasteiger partial charge on any atom is -0.381 e. The highest BCUT2D eigenvalue weighted by molar-refractivity contribution is 8.01. The molecule has 7 heteroatoms. The van der Waals surface area contributed by atoms with E-state index >= 15 is 0 Å². The first-order valence-corrected chi connectivity index (χ1v) is 10.1. The van der Waals surface area contributed by atoms with E-state index in [-0.39, 0.29) is 27.5 Å². The van der Waals surface area contributed by atoms with Crippen molar-refractivity contribution >= 4 is 35.3 Å². The number of fused-ring (bicyclic) bond motifs is 1. The molecule has 0 spiro atoms. The van der Waals surface area contributed by atoms with Crippen LogP contribution in [0.1, 0.15) is 32.6 Å². The Morgan fingerprint density at radius 2 is 2.18 bits per heavy atom. The van der Waals surface area contributed by atoms with E-state index < -0.39 is 0 Å². The molecule has 3 aliphatic heterocycles. The molecule has 3 heterocycles. The second-order valence-electron chi connectivity index (χ2n) is 6.48. The highest BCUT2D eigenvalue weighted by Gasteiger charge is 2.53. The molecule has 0 aliphatic carbocycles. The van der Waals surface area contributed by atoms with E-state index in [9.17, 15) is 9.59 Å². The molecule has 2 unspecified atom stereocenters. The van der Waals surface area contributed by atoms with E-state index in [1.54, 1.807) is 11.8 Å². The van der Waals surface area contributed by atoms with Gasteiger partial charge >= 0.3 is 0 Å². The van der Waals surface area contributed by atoms with Crippen molar-refractivity contribution < 1.29 is 14.3 Å². The van der Waals surface area contributed by atoms with Crippen molar-refractivity contribution in [2.45, 2.75) is 48.3 Å². The fraction of sp³-hybridized carbons (Fsp3) is 0.867. The molecule has 0 saturated carbocycles. The van der Waals surface area contributed by atoms with Crippen LogP contribution < -0.4 is 5.32 Å². The lowest BCUT2D eigenvalue weighted by atomic mass is 9.99. The summed E-state index contributed by atoms with van der Waals surface area (Å²) in [5.74, 6) is 0.841. The zero-order valence-corrected chi connectivity index (χ0v) is 14.9. The monoisotopic (exact) mass is 344 g/mol. The van der Waals surface area contributed by atoms with Crippen molar-refractivity contribution in [1.82, 2.24) is 10.2 Å². The predicted octanol–water partition coefficient (Wildman–Crippen LogP) is 1.47. The van der Waals surface area contributed by atoms with Crippen molar-refractivity contribution in [1.29, 1.82) is 0 Å². The second kappa shape index (κ2) is 6.24. The van der Waals surface area contributed by atoms with Gasteiger partial charge in [-0.15, -0.1) is 11.8 Å². The maximum atomic E-state index is 12.6. The van der Waals surface area contributed by atoms with Crippen molar-refractivity contribution in [3.05, 3.63) is 0 Å². The van der Waals surface area contributed by atoms with Crippen LogP contribution in [-0.4, -0.2) is 64.1 Å². The van der Waals surface area contributed by atoms with Crippen LogP contribution >= 0.6 is 23.5 Å². The van der Waals surface area contributed by atoms with Gasteiger partial charge in [0.25, 0.3) is 0 Å². The lowest BCUT2D eigenvalue weighted by Crippen LogP contribution is -2.53. The van der Waals surface area contributed by atoms with Crippen LogP contribution in [0.5, 0.6) is 0 Å². The Hall–Kier alpha value is -0.400. The number of carbonyl (C=O) groups is 2. The summed E-state index contributed by atoms with van der Waals surface area (Å²) in [6.07, 6.45) is 5.46. The Morgan fingerprint density at radius 3 is 2.86 bits per heavy atom. The molecule has 1 N–H and O–H groups in total. The standard InChI is InChI=1S/C15H24N2O3S2/c1-14-4-3-12(18)17(14)11(9-22-14)13(19)16-10-15(21-2)5-7-20-8-6-15/h11H,3-10H2,1-2H3,(H,16,19). The van der Waals surface area contributed by atoms with E-state index in [0.29, 0.717) is 18.7 Å². The third-order valence-electron chi connectivity index (χ3n) is 5.17. The van der Waals surface area contributed by atoms with Crippen LogP contribution in [0.4, 0.5) is 0 Å². The van der Waals surface area contributed by atoms with Gasteiger partial charge in [0.2, 0.25) is 11.8 Å². The molecule has 124 valence electrons. The molecule has 5 nitrogen and oxygen atoms in total. The summed E-state index contributed by atoms with van der Waals surface area (Å²) < 4.78 is 5.52. The zero-order valence-electron chi connectivity index (χ0n) is 13.2. The Morgan fingerprint density at radius 1 is 1.45 bits per heavy atom. The first-order chi connectivity index (χ1) is 10.5.